The van der Waals surface area contributed by atoms with Gasteiger partial charge >= 0.3 is 5.76 Å². The number of aryl methyl sites for hydroxylation is 2. The summed E-state index contributed by atoms with van der Waals surface area (Å²) in [6.07, 6.45) is 1.36. The van der Waals surface area contributed by atoms with E-state index in [0.29, 0.717) is 35.4 Å². The number of fused-ring (bicyclic) bond motifs is 1. The number of hydrogen-bond donors (Lipinski definition) is 4. The number of nitrogens with zero attached hydrogens (tertiary/aromatic N) is 3. The van der Waals surface area contributed by atoms with Crippen molar-refractivity contribution in [2.24, 2.45) is 0 Å². The monoisotopic (exact) mass is 503 g/mol. The van der Waals surface area contributed by atoms with E-state index in [0.717, 1.165) is 11.1 Å². The summed E-state index contributed by atoms with van der Waals surface area (Å²) in [5.41, 5.74) is 9.49. The van der Waals surface area contributed by atoms with Gasteiger partial charge in [0.2, 0.25) is 5.95 Å². The van der Waals surface area contributed by atoms with Crippen LogP contribution in [0.25, 0.3) is 11.4 Å². The van der Waals surface area contributed by atoms with E-state index in [2.05, 4.69) is 35.3 Å². The van der Waals surface area contributed by atoms with Gasteiger partial charge in [0.1, 0.15) is 17.2 Å². The molecule has 1 atom stereocenters. The molecule has 1 aliphatic carbocycles. The number of carbonyl (C=O) groups excluding carboxylic acids is 2. The SMILES string of the molecule is Cc1cc(CNC(=O)c2cc(C(=O)N[C@H]3CCc4cc(-c5noc(=O)[nH]5)ccc43)nc(N)n2)ccc1F. The second-order valence-corrected chi connectivity index (χ2v) is 8.68. The number of H-pyrrole nitrogens is 1. The molecule has 2 aromatic heterocycles. The minimum absolute atomic E-state index is 0.0412. The fourth-order valence-electron chi connectivity index (χ4n) is 4.29. The van der Waals surface area contributed by atoms with Gasteiger partial charge in [-0.15, -0.1) is 0 Å². The van der Waals surface area contributed by atoms with Gasteiger partial charge < -0.3 is 16.4 Å². The Morgan fingerprint density at radius 3 is 2.65 bits per heavy atom. The molecule has 37 heavy (non-hydrogen) atoms. The first-order chi connectivity index (χ1) is 17.8. The standard InChI is InChI=1S/C25H22FN7O4/c1-12-8-13(2-6-17(12)26)11-28-22(34)19-10-20(31-24(27)30-19)23(35)29-18-7-4-14-9-15(3-5-16(14)18)21-32-25(36)37-33-21/h2-3,5-6,8-10,18H,4,7,11H2,1H3,(H,28,34)(H,29,35)(H2,27,30,31)(H,32,33,36)/t18-/m0/s1. The van der Waals surface area contributed by atoms with Crippen molar-refractivity contribution in [3.05, 3.63) is 92.5 Å². The molecule has 11 nitrogen and oxygen atoms in total. The third-order valence-corrected chi connectivity index (χ3v) is 6.12. The molecule has 0 saturated carbocycles. The fourth-order valence-corrected chi connectivity index (χ4v) is 4.29. The molecule has 0 bridgehead atoms. The lowest BCUT2D eigenvalue weighted by Crippen LogP contribution is -2.30. The smallest absolute Gasteiger partial charge is 0.368 e. The maximum absolute atomic E-state index is 13.5. The molecule has 1 aliphatic rings. The maximum Gasteiger partial charge on any atom is 0.439 e. The number of carbonyl (C=O) groups is 2. The Bertz CT molecular complexity index is 1580. The Morgan fingerprint density at radius 2 is 1.92 bits per heavy atom. The molecule has 188 valence electrons. The van der Waals surface area contributed by atoms with Crippen molar-refractivity contribution in [1.29, 1.82) is 0 Å². The average Bonchev–Trinajstić information content (AvgIpc) is 3.49. The van der Waals surface area contributed by atoms with Gasteiger partial charge in [-0.2, -0.15) is 0 Å². The number of halogens is 1. The van der Waals surface area contributed by atoms with Crippen molar-refractivity contribution in [2.45, 2.75) is 32.4 Å². The number of rotatable bonds is 6. The first kappa shape index (κ1) is 23.9. The number of aromatic amines is 1. The predicted molar refractivity (Wildman–Crippen MR) is 130 cm³/mol. The summed E-state index contributed by atoms with van der Waals surface area (Å²) in [6, 6.07) is 11.1. The fraction of sp³-hybridized carbons (Fsp3) is 0.200. The van der Waals surface area contributed by atoms with Gasteiger partial charge in [0.15, 0.2) is 5.82 Å². The Hall–Kier alpha value is -4.87. The molecule has 0 aliphatic heterocycles. The zero-order valence-electron chi connectivity index (χ0n) is 19.7. The zero-order chi connectivity index (χ0) is 26.1. The van der Waals surface area contributed by atoms with Gasteiger partial charge in [0, 0.05) is 18.2 Å². The summed E-state index contributed by atoms with van der Waals surface area (Å²) >= 11 is 0. The van der Waals surface area contributed by atoms with Crippen LogP contribution in [0.2, 0.25) is 0 Å². The highest BCUT2D eigenvalue weighted by Gasteiger charge is 2.26. The Balaban J connectivity index is 1.27. The molecule has 4 aromatic rings. The van der Waals surface area contributed by atoms with Crippen molar-refractivity contribution in [1.82, 2.24) is 30.7 Å². The van der Waals surface area contributed by atoms with Crippen LogP contribution in [0.4, 0.5) is 10.3 Å². The summed E-state index contributed by atoms with van der Waals surface area (Å²) in [6.45, 7) is 1.78. The molecule has 0 radical (unpaired) electrons. The van der Waals surface area contributed by atoms with Crippen molar-refractivity contribution >= 4 is 17.8 Å². The van der Waals surface area contributed by atoms with Gasteiger partial charge in [-0.25, -0.2) is 19.2 Å². The number of amides is 2. The summed E-state index contributed by atoms with van der Waals surface area (Å²) in [5.74, 6) is -1.89. The molecule has 2 amide bonds. The maximum atomic E-state index is 13.5. The third kappa shape index (κ3) is 5.08. The number of nitrogen functional groups attached to an aromatic ring is 1. The lowest BCUT2D eigenvalue weighted by molar-refractivity contribution is 0.0931. The summed E-state index contributed by atoms with van der Waals surface area (Å²) < 4.78 is 18.0. The second kappa shape index (κ2) is 9.64. The lowest BCUT2D eigenvalue weighted by Gasteiger charge is -2.14. The minimum Gasteiger partial charge on any atom is -0.368 e. The molecule has 0 saturated heterocycles. The zero-order valence-corrected chi connectivity index (χ0v) is 19.7. The van der Waals surface area contributed by atoms with E-state index in [1.807, 2.05) is 12.1 Å². The lowest BCUT2D eigenvalue weighted by atomic mass is 10.0. The number of nitrogens with two attached hydrogens (primary N) is 1. The molecule has 5 rings (SSSR count). The molecule has 5 N–H and O–H groups in total. The van der Waals surface area contributed by atoms with Crippen LogP contribution in [0, 0.1) is 12.7 Å². The van der Waals surface area contributed by atoms with Crippen molar-refractivity contribution in [3.63, 3.8) is 0 Å². The highest BCUT2D eigenvalue weighted by molar-refractivity contribution is 5.97. The summed E-state index contributed by atoms with van der Waals surface area (Å²) in [4.78, 5) is 47.3. The molecule has 12 heteroatoms. The molecule has 0 unspecified atom stereocenters. The van der Waals surface area contributed by atoms with Gasteiger partial charge in [-0.1, -0.05) is 29.4 Å². The molecule has 0 fully saturated rings. The number of anilines is 1. The van der Waals surface area contributed by atoms with Crippen LogP contribution in [0.5, 0.6) is 0 Å². The Labute approximate surface area is 209 Å². The Kier molecular flexibility index (Phi) is 6.22. The minimum atomic E-state index is -0.636. The highest BCUT2D eigenvalue weighted by Crippen LogP contribution is 2.33. The van der Waals surface area contributed by atoms with Crippen LogP contribution < -0.4 is 22.1 Å². The normalized spacial score (nSPS) is 14.3. The molecule has 2 heterocycles. The van der Waals surface area contributed by atoms with E-state index in [9.17, 15) is 18.8 Å². The molecular formula is C25H22FN7O4. The number of nitrogens with one attached hydrogen (secondary N) is 3. The van der Waals surface area contributed by atoms with Gasteiger partial charge in [-0.05, 0) is 54.2 Å². The third-order valence-electron chi connectivity index (χ3n) is 6.12. The van der Waals surface area contributed by atoms with E-state index in [1.165, 1.54) is 12.1 Å². The molecular weight excluding hydrogens is 481 g/mol. The first-order valence-electron chi connectivity index (χ1n) is 11.4. The van der Waals surface area contributed by atoms with Gasteiger partial charge in [0.25, 0.3) is 11.8 Å². The number of aromatic nitrogens is 4. The number of benzene rings is 2. The largest absolute Gasteiger partial charge is 0.439 e. The van der Waals surface area contributed by atoms with Crippen LogP contribution in [-0.2, 0) is 13.0 Å². The van der Waals surface area contributed by atoms with E-state index in [4.69, 9.17) is 5.73 Å². The van der Waals surface area contributed by atoms with Gasteiger partial charge in [0.05, 0.1) is 6.04 Å². The van der Waals surface area contributed by atoms with Crippen LogP contribution in [0.3, 0.4) is 0 Å². The van der Waals surface area contributed by atoms with E-state index in [1.54, 1.807) is 25.1 Å². The van der Waals surface area contributed by atoms with Crippen molar-refractivity contribution in [3.8, 4) is 11.4 Å². The first-order valence-corrected chi connectivity index (χ1v) is 11.4. The van der Waals surface area contributed by atoms with Crippen LogP contribution in [0.15, 0.2) is 51.8 Å². The van der Waals surface area contributed by atoms with Crippen molar-refractivity contribution < 1.29 is 18.5 Å². The van der Waals surface area contributed by atoms with Crippen molar-refractivity contribution in [2.75, 3.05) is 5.73 Å². The van der Waals surface area contributed by atoms with Crippen LogP contribution >= 0.6 is 0 Å². The predicted octanol–water partition coefficient (Wildman–Crippen LogP) is 2.20. The Morgan fingerprint density at radius 1 is 1.14 bits per heavy atom. The van der Waals surface area contributed by atoms with Crippen LogP contribution in [0.1, 0.15) is 55.7 Å². The topological polar surface area (TPSA) is 169 Å². The highest BCUT2D eigenvalue weighted by atomic mass is 19.1. The van der Waals surface area contributed by atoms with E-state index in [-0.39, 0.29) is 35.7 Å². The molecule has 0 spiro atoms. The summed E-state index contributed by atoms with van der Waals surface area (Å²) in [5, 5.41) is 9.32. The second-order valence-electron chi connectivity index (χ2n) is 8.68. The number of hydrogen-bond acceptors (Lipinski definition) is 8. The summed E-state index contributed by atoms with van der Waals surface area (Å²) in [7, 11) is 0. The average molecular weight is 503 g/mol. The van der Waals surface area contributed by atoms with E-state index < -0.39 is 17.6 Å². The quantitative estimate of drug-likeness (QED) is 0.310. The molecule has 2 aromatic carbocycles. The van der Waals surface area contributed by atoms with Gasteiger partial charge in [-0.3, -0.25) is 19.1 Å². The van der Waals surface area contributed by atoms with E-state index >= 15 is 0 Å². The van der Waals surface area contributed by atoms with Crippen LogP contribution in [-0.4, -0.2) is 31.9 Å².